The lowest BCUT2D eigenvalue weighted by Gasteiger charge is -2.48. The van der Waals surface area contributed by atoms with Gasteiger partial charge in [0.15, 0.2) is 0 Å². The van der Waals surface area contributed by atoms with E-state index in [0.717, 1.165) is 32.4 Å². The van der Waals surface area contributed by atoms with Crippen LogP contribution in [-0.2, 0) is 14.5 Å². The highest BCUT2D eigenvalue weighted by molar-refractivity contribution is 7.93. The van der Waals surface area contributed by atoms with Crippen LogP contribution < -0.4 is 11.1 Å². The maximum Gasteiger partial charge on any atom is 0.273 e. The van der Waals surface area contributed by atoms with Crippen molar-refractivity contribution in [2.45, 2.75) is 58.4 Å². The molecule has 132 valence electrons. The van der Waals surface area contributed by atoms with Gasteiger partial charge in [-0.15, -0.1) is 0 Å². The van der Waals surface area contributed by atoms with E-state index in [2.05, 4.69) is 30.5 Å². The van der Waals surface area contributed by atoms with Crippen molar-refractivity contribution in [3.05, 3.63) is 0 Å². The Hall–Kier alpha value is -0.460. The van der Waals surface area contributed by atoms with Crippen molar-refractivity contribution in [3.8, 4) is 0 Å². The normalized spacial score (nSPS) is 44.1. The van der Waals surface area contributed by atoms with Crippen molar-refractivity contribution >= 4 is 15.6 Å². The fourth-order valence-corrected chi connectivity index (χ4v) is 6.52. The highest BCUT2D eigenvalue weighted by Gasteiger charge is 2.51. The topological polar surface area (TPSA) is 84.6 Å². The summed E-state index contributed by atoms with van der Waals surface area (Å²) >= 11 is 0. The van der Waals surface area contributed by atoms with Gasteiger partial charge < -0.3 is 11.1 Å². The van der Waals surface area contributed by atoms with Crippen LogP contribution in [0.5, 0.6) is 0 Å². The smallest absolute Gasteiger partial charge is 0.273 e. The zero-order valence-corrected chi connectivity index (χ0v) is 15.5. The first kappa shape index (κ1) is 17.4. The summed E-state index contributed by atoms with van der Waals surface area (Å²) in [6.07, 6.45) is 4.32. The van der Waals surface area contributed by atoms with E-state index in [1.165, 1.54) is 0 Å². The first-order valence-corrected chi connectivity index (χ1v) is 10.7. The minimum absolute atomic E-state index is 0.165. The number of carbonyl (C=O) groups is 1. The van der Waals surface area contributed by atoms with Crippen LogP contribution in [0.4, 0.5) is 0 Å². The quantitative estimate of drug-likeness (QED) is 0.763. The fraction of sp³-hybridized carbons (Fsp3) is 0.941. The van der Waals surface area contributed by atoms with Crippen LogP contribution >= 0.6 is 0 Å². The third kappa shape index (κ3) is 3.35. The summed E-state index contributed by atoms with van der Waals surface area (Å²) in [6.45, 7) is 8.60. The molecule has 3 rings (SSSR count). The number of nitrogens with two attached hydrogens (primary N) is 1. The van der Waals surface area contributed by atoms with Gasteiger partial charge in [-0.25, -0.2) is 4.21 Å². The number of carbonyl (C=O) groups excluding carboxylic acids is 1. The molecule has 2 heterocycles. The van der Waals surface area contributed by atoms with Gasteiger partial charge in [-0.2, -0.15) is 4.36 Å². The molecule has 0 unspecified atom stereocenters. The first-order chi connectivity index (χ1) is 10.6. The van der Waals surface area contributed by atoms with E-state index in [9.17, 15) is 9.00 Å². The number of nitrogens with zero attached hydrogens (tertiary/aromatic N) is 1. The standard InChI is InChI=1S/C17H31N3O2S/c1-15(2,3)13-10-17(18,11-13)14(21)20-23(22)8-5-16(6-9-23)4-7-19-12-16/h13,19H,4-12,18H2,1-3H3. The zero-order chi connectivity index (χ0) is 16.9. The highest BCUT2D eigenvalue weighted by Crippen LogP contribution is 2.47. The van der Waals surface area contributed by atoms with Gasteiger partial charge in [0.25, 0.3) is 5.91 Å². The average molecular weight is 342 g/mol. The summed E-state index contributed by atoms with van der Waals surface area (Å²) in [5, 5.41) is 3.40. The summed E-state index contributed by atoms with van der Waals surface area (Å²) in [5.74, 6) is 1.24. The summed E-state index contributed by atoms with van der Waals surface area (Å²) in [4.78, 5) is 12.5. The van der Waals surface area contributed by atoms with E-state index in [1.807, 2.05) is 0 Å². The molecule has 3 N–H and O–H groups in total. The lowest BCUT2D eigenvalue weighted by Crippen LogP contribution is -2.60. The Kier molecular flexibility index (Phi) is 4.17. The Morgan fingerprint density at radius 1 is 1.22 bits per heavy atom. The van der Waals surface area contributed by atoms with Crippen LogP contribution in [-0.4, -0.2) is 40.3 Å². The van der Waals surface area contributed by atoms with Crippen LogP contribution in [0.1, 0.15) is 52.9 Å². The van der Waals surface area contributed by atoms with Crippen molar-refractivity contribution in [3.63, 3.8) is 0 Å². The van der Waals surface area contributed by atoms with Gasteiger partial charge in [0, 0.05) is 18.1 Å². The van der Waals surface area contributed by atoms with Crippen LogP contribution in [0, 0.1) is 16.7 Å². The van der Waals surface area contributed by atoms with E-state index < -0.39 is 15.3 Å². The minimum Gasteiger partial charge on any atom is -0.317 e. The second kappa shape index (κ2) is 5.53. The molecule has 0 bridgehead atoms. The molecule has 23 heavy (non-hydrogen) atoms. The van der Waals surface area contributed by atoms with Crippen molar-refractivity contribution in [1.29, 1.82) is 0 Å². The molecule has 5 nitrogen and oxygen atoms in total. The molecule has 3 aliphatic rings. The number of rotatable bonds is 1. The molecule has 1 amide bonds. The Morgan fingerprint density at radius 3 is 2.30 bits per heavy atom. The van der Waals surface area contributed by atoms with Crippen molar-refractivity contribution < 1.29 is 9.00 Å². The first-order valence-electron chi connectivity index (χ1n) is 8.83. The Balaban J connectivity index is 1.65. The molecule has 1 spiro atoms. The summed E-state index contributed by atoms with van der Waals surface area (Å²) < 4.78 is 17.1. The summed E-state index contributed by atoms with van der Waals surface area (Å²) in [7, 11) is -2.40. The van der Waals surface area contributed by atoms with Gasteiger partial charge in [0.2, 0.25) is 0 Å². The molecule has 0 atom stereocenters. The van der Waals surface area contributed by atoms with Crippen LogP contribution in [0.25, 0.3) is 0 Å². The molecule has 2 saturated heterocycles. The van der Waals surface area contributed by atoms with E-state index in [-0.39, 0.29) is 11.3 Å². The predicted molar refractivity (Wildman–Crippen MR) is 93.6 cm³/mol. The van der Waals surface area contributed by atoms with Gasteiger partial charge in [-0.3, -0.25) is 4.79 Å². The van der Waals surface area contributed by atoms with Crippen molar-refractivity contribution in [2.75, 3.05) is 24.6 Å². The molecule has 0 aromatic heterocycles. The molecule has 1 saturated carbocycles. The zero-order valence-electron chi connectivity index (χ0n) is 14.7. The molecule has 0 aromatic rings. The summed E-state index contributed by atoms with van der Waals surface area (Å²) in [5.41, 5.74) is 5.84. The Labute approximate surface area is 140 Å². The molecular formula is C17H31N3O2S. The SMILES string of the molecule is CC(C)(C)C1CC(N)(C(=O)N=S2(=O)CCC3(CCNC3)CC2)C1. The Morgan fingerprint density at radius 2 is 1.83 bits per heavy atom. The van der Waals surface area contributed by atoms with Gasteiger partial charge in [-0.1, -0.05) is 20.8 Å². The Bertz CT molecular complexity index is 586. The maximum atomic E-state index is 13.0. The van der Waals surface area contributed by atoms with Gasteiger partial charge in [0.1, 0.15) is 0 Å². The van der Waals surface area contributed by atoms with E-state index in [4.69, 9.17) is 5.73 Å². The van der Waals surface area contributed by atoms with Crippen LogP contribution in [0.15, 0.2) is 4.36 Å². The number of hydrogen-bond acceptors (Lipinski definition) is 4. The molecular weight excluding hydrogens is 310 g/mol. The van der Waals surface area contributed by atoms with Gasteiger partial charge >= 0.3 is 0 Å². The minimum atomic E-state index is -2.40. The molecule has 3 fully saturated rings. The number of hydrogen-bond donors (Lipinski definition) is 2. The van der Waals surface area contributed by atoms with E-state index in [0.29, 0.717) is 35.7 Å². The largest absolute Gasteiger partial charge is 0.317 e. The lowest BCUT2D eigenvalue weighted by molar-refractivity contribution is -0.129. The van der Waals surface area contributed by atoms with E-state index >= 15 is 0 Å². The molecule has 1 aliphatic carbocycles. The highest BCUT2D eigenvalue weighted by atomic mass is 32.2. The maximum absolute atomic E-state index is 13.0. The van der Waals surface area contributed by atoms with Crippen LogP contribution in [0.3, 0.4) is 0 Å². The number of amides is 1. The molecule has 0 radical (unpaired) electrons. The van der Waals surface area contributed by atoms with Crippen molar-refractivity contribution in [2.24, 2.45) is 26.8 Å². The molecule has 6 heteroatoms. The summed E-state index contributed by atoms with van der Waals surface area (Å²) in [6, 6.07) is 0. The third-order valence-corrected chi connectivity index (χ3v) is 8.54. The van der Waals surface area contributed by atoms with Gasteiger partial charge in [0.05, 0.1) is 15.3 Å². The van der Waals surface area contributed by atoms with Crippen LogP contribution in [0.2, 0.25) is 0 Å². The number of nitrogens with one attached hydrogen (secondary N) is 1. The second-order valence-corrected chi connectivity index (χ2v) is 11.7. The third-order valence-electron chi connectivity index (χ3n) is 6.36. The van der Waals surface area contributed by atoms with E-state index in [1.54, 1.807) is 0 Å². The monoisotopic (exact) mass is 341 g/mol. The van der Waals surface area contributed by atoms with Gasteiger partial charge in [-0.05, 0) is 55.4 Å². The van der Waals surface area contributed by atoms with Crippen molar-refractivity contribution in [1.82, 2.24) is 5.32 Å². The molecule has 0 aromatic carbocycles. The average Bonchev–Trinajstić information content (AvgIpc) is 2.87. The molecule has 2 aliphatic heterocycles. The second-order valence-electron chi connectivity index (χ2n) is 9.13. The fourth-order valence-electron chi connectivity index (χ4n) is 4.14. The predicted octanol–water partition coefficient (Wildman–Crippen LogP) is 1.91. The lowest BCUT2D eigenvalue weighted by atomic mass is 9.59.